The molecule has 1 saturated carbocycles. The van der Waals surface area contributed by atoms with Crippen LogP contribution in [-0.4, -0.2) is 60.8 Å². The van der Waals surface area contributed by atoms with Gasteiger partial charge >= 0.3 is 0 Å². The van der Waals surface area contributed by atoms with Crippen LogP contribution >= 0.6 is 0 Å². The molecule has 2 rings (SSSR count). The molecule has 0 spiro atoms. The first-order valence-electron chi connectivity index (χ1n) is 12.1. The van der Waals surface area contributed by atoms with Crippen molar-refractivity contribution in [2.45, 2.75) is 111 Å². The third kappa shape index (κ3) is 8.41. The summed E-state index contributed by atoms with van der Waals surface area (Å²) in [6.07, 6.45) is 12.9. The molecule has 3 nitrogen and oxygen atoms in total. The van der Waals surface area contributed by atoms with Crippen LogP contribution in [0.4, 0.5) is 0 Å². The molecule has 1 saturated heterocycles. The highest BCUT2D eigenvalue weighted by molar-refractivity contribution is 4.78. The lowest BCUT2D eigenvalue weighted by atomic mass is 9.81. The Balaban J connectivity index is 1.56. The van der Waals surface area contributed by atoms with Gasteiger partial charge in [0.15, 0.2) is 0 Å². The molecule has 1 aliphatic heterocycles. The van der Waals surface area contributed by atoms with Crippen LogP contribution in [0.5, 0.6) is 0 Å². The van der Waals surface area contributed by atoms with Gasteiger partial charge in [-0.15, -0.1) is 0 Å². The summed E-state index contributed by atoms with van der Waals surface area (Å²) in [5.41, 5.74) is 0. The Morgan fingerprint density at radius 3 is 2.15 bits per heavy atom. The molecule has 1 aliphatic carbocycles. The van der Waals surface area contributed by atoms with E-state index in [0.29, 0.717) is 12.2 Å². The quantitative estimate of drug-likeness (QED) is 0.465. The summed E-state index contributed by atoms with van der Waals surface area (Å²) in [6, 6.07) is 0.759. The van der Waals surface area contributed by atoms with Crippen molar-refractivity contribution in [3.8, 4) is 0 Å². The van der Waals surface area contributed by atoms with E-state index >= 15 is 0 Å². The van der Waals surface area contributed by atoms with Crippen molar-refractivity contribution >= 4 is 0 Å². The van der Waals surface area contributed by atoms with Crippen LogP contribution in [0.25, 0.3) is 0 Å². The van der Waals surface area contributed by atoms with Crippen LogP contribution in [0.15, 0.2) is 0 Å². The molecule has 27 heavy (non-hydrogen) atoms. The minimum Gasteiger partial charge on any atom is -0.375 e. The highest BCUT2D eigenvalue weighted by Crippen LogP contribution is 2.32. The zero-order valence-electron chi connectivity index (χ0n) is 19.1. The SMILES string of the molecule is CCCC(C)O[C@H]1CC[C@H](C[C@@H](C)CCN2CCN(C(C)CC)CC2)CC1. The maximum absolute atomic E-state index is 6.23. The van der Waals surface area contributed by atoms with Crippen LogP contribution in [0, 0.1) is 11.8 Å². The second kappa shape index (κ2) is 12.4. The maximum atomic E-state index is 6.23. The summed E-state index contributed by atoms with van der Waals surface area (Å²) in [6.45, 7) is 18.1. The topological polar surface area (TPSA) is 15.7 Å². The highest BCUT2D eigenvalue weighted by atomic mass is 16.5. The fourth-order valence-corrected chi connectivity index (χ4v) is 5.08. The summed E-state index contributed by atoms with van der Waals surface area (Å²) in [4.78, 5) is 5.37. The molecule has 2 unspecified atom stereocenters. The first kappa shape index (κ1) is 23.2. The second-order valence-corrected chi connectivity index (χ2v) is 9.64. The third-order valence-corrected chi connectivity index (χ3v) is 7.21. The van der Waals surface area contributed by atoms with Gasteiger partial charge in [0.2, 0.25) is 0 Å². The molecular formula is C24H48N2O. The average Bonchev–Trinajstić information content (AvgIpc) is 2.68. The molecule has 0 radical (unpaired) electrons. The summed E-state index contributed by atoms with van der Waals surface area (Å²) in [5.74, 6) is 1.82. The van der Waals surface area contributed by atoms with Gasteiger partial charge in [-0.2, -0.15) is 0 Å². The second-order valence-electron chi connectivity index (χ2n) is 9.64. The molecule has 160 valence electrons. The molecule has 0 bridgehead atoms. The van der Waals surface area contributed by atoms with Gasteiger partial charge in [-0.1, -0.05) is 27.2 Å². The molecular weight excluding hydrogens is 332 g/mol. The van der Waals surface area contributed by atoms with E-state index in [4.69, 9.17) is 4.74 Å². The van der Waals surface area contributed by atoms with Gasteiger partial charge in [-0.05, 0) is 83.6 Å². The number of nitrogens with zero attached hydrogens (tertiary/aromatic N) is 2. The van der Waals surface area contributed by atoms with Crippen LogP contribution < -0.4 is 0 Å². The number of hydrogen-bond donors (Lipinski definition) is 0. The van der Waals surface area contributed by atoms with Crippen molar-refractivity contribution < 1.29 is 4.74 Å². The lowest BCUT2D eigenvalue weighted by Crippen LogP contribution is -2.49. The smallest absolute Gasteiger partial charge is 0.0579 e. The van der Waals surface area contributed by atoms with Gasteiger partial charge in [-0.3, -0.25) is 4.90 Å². The molecule has 3 heteroatoms. The Kier molecular flexibility index (Phi) is 10.7. The van der Waals surface area contributed by atoms with Gasteiger partial charge in [0, 0.05) is 32.2 Å². The van der Waals surface area contributed by atoms with Crippen molar-refractivity contribution in [3.63, 3.8) is 0 Å². The average molecular weight is 381 g/mol. The number of hydrogen-bond acceptors (Lipinski definition) is 3. The Hall–Kier alpha value is -0.120. The van der Waals surface area contributed by atoms with E-state index in [1.165, 1.54) is 90.5 Å². The minimum absolute atomic E-state index is 0.455. The standard InChI is InChI=1S/C24H48N2O/c1-6-8-22(5)27-24-11-9-23(10-12-24)19-20(3)13-14-25-15-17-26(18-16-25)21(4)7-2/h20-24H,6-19H2,1-5H3/t20-,21?,22?,23-,24-/m0/s1. The van der Waals surface area contributed by atoms with Crippen LogP contribution in [0.2, 0.25) is 0 Å². The van der Waals surface area contributed by atoms with Crippen LogP contribution in [0.1, 0.15) is 92.4 Å². The molecule has 1 heterocycles. The molecule has 2 fully saturated rings. The number of rotatable bonds is 11. The minimum atomic E-state index is 0.455. The van der Waals surface area contributed by atoms with E-state index in [2.05, 4.69) is 44.4 Å². The normalized spacial score (nSPS) is 28.8. The Bertz CT molecular complexity index is 373. The van der Waals surface area contributed by atoms with Gasteiger partial charge in [0.05, 0.1) is 12.2 Å². The van der Waals surface area contributed by atoms with Crippen LogP contribution in [0.3, 0.4) is 0 Å². The van der Waals surface area contributed by atoms with Gasteiger partial charge in [0.25, 0.3) is 0 Å². The lowest BCUT2D eigenvalue weighted by Gasteiger charge is -2.38. The van der Waals surface area contributed by atoms with Crippen molar-refractivity contribution in [2.75, 3.05) is 32.7 Å². The Morgan fingerprint density at radius 1 is 0.889 bits per heavy atom. The molecule has 3 atom stereocenters. The van der Waals surface area contributed by atoms with Crippen molar-refractivity contribution in [2.24, 2.45) is 11.8 Å². The molecule has 2 aliphatic rings. The summed E-state index contributed by atoms with van der Waals surface area (Å²) in [7, 11) is 0. The highest BCUT2D eigenvalue weighted by Gasteiger charge is 2.25. The van der Waals surface area contributed by atoms with Crippen LogP contribution in [-0.2, 0) is 4.74 Å². The molecule has 0 N–H and O–H groups in total. The monoisotopic (exact) mass is 380 g/mol. The van der Waals surface area contributed by atoms with Gasteiger partial charge in [0.1, 0.15) is 0 Å². The Labute approximate surface area is 170 Å². The number of ether oxygens (including phenoxy) is 1. The van der Waals surface area contributed by atoms with Crippen molar-refractivity contribution in [1.82, 2.24) is 9.80 Å². The predicted molar refractivity (Wildman–Crippen MR) is 117 cm³/mol. The molecule has 0 amide bonds. The summed E-state index contributed by atoms with van der Waals surface area (Å²) in [5, 5.41) is 0. The molecule has 0 aromatic rings. The summed E-state index contributed by atoms with van der Waals surface area (Å²) < 4.78 is 6.23. The predicted octanol–water partition coefficient (Wildman–Crippen LogP) is 5.58. The maximum Gasteiger partial charge on any atom is 0.0579 e. The first-order valence-corrected chi connectivity index (χ1v) is 12.1. The fraction of sp³-hybridized carbons (Fsp3) is 1.00. The van der Waals surface area contributed by atoms with E-state index < -0.39 is 0 Å². The van der Waals surface area contributed by atoms with Gasteiger partial charge in [-0.25, -0.2) is 0 Å². The van der Waals surface area contributed by atoms with E-state index in [0.717, 1.165) is 17.9 Å². The third-order valence-electron chi connectivity index (χ3n) is 7.21. The van der Waals surface area contributed by atoms with E-state index in [9.17, 15) is 0 Å². The largest absolute Gasteiger partial charge is 0.375 e. The fourth-order valence-electron chi connectivity index (χ4n) is 5.08. The Morgan fingerprint density at radius 2 is 1.56 bits per heavy atom. The molecule has 0 aromatic heterocycles. The zero-order chi connectivity index (χ0) is 19.6. The van der Waals surface area contributed by atoms with E-state index in [-0.39, 0.29) is 0 Å². The van der Waals surface area contributed by atoms with E-state index in [1.54, 1.807) is 0 Å². The first-order chi connectivity index (χ1) is 13.0. The summed E-state index contributed by atoms with van der Waals surface area (Å²) >= 11 is 0. The van der Waals surface area contributed by atoms with Crippen molar-refractivity contribution in [3.05, 3.63) is 0 Å². The van der Waals surface area contributed by atoms with E-state index in [1.807, 2.05) is 0 Å². The van der Waals surface area contributed by atoms with Crippen molar-refractivity contribution in [1.29, 1.82) is 0 Å². The van der Waals surface area contributed by atoms with Gasteiger partial charge < -0.3 is 9.64 Å². The zero-order valence-corrected chi connectivity index (χ0v) is 19.1. The molecule has 0 aromatic carbocycles. The number of piperazine rings is 1. The lowest BCUT2D eigenvalue weighted by molar-refractivity contribution is -0.0329.